The number of pyridine rings is 1. The van der Waals surface area contributed by atoms with E-state index in [0.29, 0.717) is 5.69 Å². The van der Waals surface area contributed by atoms with Crippen LogP contribution in [0.5, 0.6) is 0 Å². The number of aromatic nitrogens is 2. The van der Waals surface area contributed by atoms with E-state index in [0.717, 1.165) is 26.9 Å². The predicted molar refractivity (Wildman–Crippen MR) is 87.7 cm³/mol. The van der Waals surface area contributed by atoms with Gasteiger partial charge in [-0.15, -0.1) is 0 Å². The van der Waals surface area contributed by atoms with Gasteiger partial charge in [0.05, 0.1) is 11.1 Å². The fourth-order valence-electron chi connectivity index (χ4n) is 2.82. The molecule has 106 valence electrons. The van der Waals surface area contributed by atoms with Gasteiger partial charge in [-0.2, -0.15) is 4.73 Å². The van der Waals surface area contributed by atoms with E-state index in [2.05, 4.69) is 28.8 Å². The number of rotatable bonds is 2. The summed E-state index contributed by atoms with van der Waals surface area (Å²) >= 11 is 0. The number of hydrogen-bond acceptors (Lipinski definition) is 1. The summed E-state index contributed by atoms with van der Waals surface area (Å²) in [7, 11) is 0. The lowest BCUT2D eigenvalue weighted by molar-refractivity contribution is -0.593. The van der Waals surface area contributed by atoms with E-state index in [1.54, 1.807) is 6.07 Å². The second-order valence-corrected chi connectivity index (χ2v) is 5.18. The summed E-state index contributed by atoms with van der Waals surface area (Å²) < 4.78 is 3.04. The molecule has 0 spiro atoms. The second kappa shape index (κ2) is 5.04. The molecule has 3 nitrogen and oxygen atoms in total. The van der Waals surface area contributed by atoms with E-state index >= 15 is 0 Å². The van der Waals surface area contributed by atoms with Gasteiger partial charge in [0.25, 0.3) is 0 Å². The van der Waals surface area contributed by atoms with Crippen molar-refractivity contribution in [2.24, 2.45) is 0 Å². The lowest BCUT2D eigenvalue weighted by atomic mass is 10.1. The first kappa shape index (κ1) is 12.7. The van der Waals surface area contributed by atoms with Crippen LogP contribution in [0, 0.1) is 5.21 Å². The maximum absolute atomic E-state index is 12.1. The zero-order valence-electron chi connectivity index (χ0n) is 11.9. The van der Waals surface area contributed by atoms with Gasteiger partial charge in [0.2, 0.25) is 5.69 Å². The number of hydrogen-bond donors (Lipinski definition) is 0. The van der Waals surface area contributed by atoms with E-state index in [-0.39, 0.29) is 0 Å². The van der Waals surface area contributed by atoms with Gasteiger partial charge in [-0.05, 0) is 24.3 Å². The van der Waals surface area contributed by atoms with Crippen LogP contribution in [0.1, 0.15) is 0 Å². The van der Waals surface area contributed by atoms with Gasteiger partial charge < -0.3 is 9.77 Å². The van der Waals surface area contributed by atoms with Gasteiger partial charge in [-0.1, -0.05) is 36.4 Å². The van der Waals surface area contributed by atoms with E-state index in [1.165, 1.54) is 6.20 Å². The molecule has 0 amide bonds. The lowest BCUT2D eigenvalue weighted by Gasteiger charge is -2.04. The minimum atomic E-state index is 0.661. The summed E-state index contributed by atoms with van der Waals surface area (Å²) in [6.07, 6.45) is 3.56. The van der Waals surface area contributed by atoms with Gasteiger partial charge in [0, 0.05) is 29.4 Å². The van der Waals surface area contributed by atoms with Crippen LogP contribution < -0.4 is 4.73 Å². The van der Waals surface area contributed by atoms with Crippen molar-refractivity contribution in [2.75, 3.05) is 0 Å². The minimum absolute atomic E-state index is 0.661. The molecular formula is C19H14N2O. The lowest BCUT2D eigenvalue weighted by Crippen LogP contribution is -2.27. The third kappa shape index (κ3) is 1.95. The SMILES string of the molecule is [O-][n+]1ccccc1-c1cn(-c2ccccc2)c2ccccc12. The number of benzene rings is 2. The van der Waals surface area contributed by atoms with Crippen molar-refractivity contribution in [3.8, 4) is 16.9 Å². The average Bonchev–Trinajstić information content (AvgIpc) is 2.96. The van der Waals surface area contributed by atoms with E-state index in [1.807, 2.05) is 48.7 Å². The van der Waals surface area contributed by atoms with Crippen LogP contribution in [0.2, 0.25) is 0 Å². The summed E-state index contributed by atoms with van der Waals surface area (Å²) in [5, 5.41) is 13.2. The molecule has 22 heavy (non-hydrogen) atoms. The molecule has 0 N–H and O–H groups in total. The number of fused-ring (bicyclic) bond motifs is 1. The van der Waals surface area contributed by atoms with Crippen molar-refractivity contribution in [1.29, 1.82) is 0 Å². The highest BCUT2D eigenvalue weighted by molar-refractivity contribution is 5.95. The molecule has 0 bridgehead atoms. The monoisotopic (exact) mass is 286 g/mol. The Bertz CT molecular complexity index is 942. The number of para-hydroxylation sites is 2. The standard InChI is InChI=1S/C19H14N2O/c22-21-13-7-6-12-19(21)17-14-20(15-8-2-1-3-9-15)18-11-5-4-10-16(17)18/h1-14H. The first-order chi connectivity index (χ1) is 10.8. The van der Waals surface area contributed by atoms with Gasteiger partial charge >= 0.3 is 0 Å². The first-order valence-electron chi connectivity index (χ1n) is 7.19. The van der Waals surface area contributed by atoms with Crippen molar-refractivity contribution >= 4 is 10.9 Å². The van der Waals surface area contributed by atoms with Crippen LogP contribution in [0.3, 0.4) is 0 Å². The molecular weight excluding hydrogens is 272 g/mol. The summed E-state index contributed by atoms with van der Waals surface area (Å²) in [4.78, 5) is 0. The Balaban J connectivity index is 2.04. The van der Waals surface area contributed by atoms with Crippen LogP contribution in [-0.2, 0) is 0 Å². The molecule has 0 fully saturated rings. The molecule has 0 aliphatic heterocycles. The van der Waals surface area contributed by atoms with Gasteiger partial charge in [-0.3, -0.25) is 0 Å². The van der Waals surface area contributed by atoms with Crippen molar-refractivity contribution in [2.45, 2.75) is 0 Å². The molecule has 0 saturated carbocycles. The smallest absolute Gasteiger partial charge is 0.225 e. The Morgan fingerprint density at radius 3 is 2.32 bits per heavy atom. The summed E-state index contributed by atoms with van der Waals surface area (Å²) in [6.45, 7) is 0. The molecule has 0 atom stereocenters. The molecule has 4 rings (SSSR count). The van der Waals surface area contributed by atoms with Gasteiger partial charge in [0.15, 0.2) is 6.20 Å². The first-order valence-corrected chi connectivity index (χ1v) is 7.19. The van der Waals surface area contributed by atoms with Crippen molar-refractivity contribution < 1.29 is 4.73 Å². The largest absolute Gasteiger partial charge is 0.618 e. The van der Waals surface area contributed by atoms with Crippen LogP contribution >= 0.6 is 0 Å². The molecule has 0 saturated heterocycles. The van der Waals surface area contributed by atoms with Crippen LogP contribution in [0.4, 0.5) is 0 Å². The Labute approximate surface area is 128 Å². The topological polar surface area (TPSA) is 31.9 Å². The van der Waals surface area contributed by atoms with Gasteiger partial charge in [-0.25, -0.2) is 0 Å². The Morgan fingerprint density at radius 2 is 1.50 bits per heavy atom. The minimum Gasteiger partial charge on any atom is -0.618 e. The third-order valence-corrected chi connectivity index (χ3v) is 3.85. The van der Waals surface area contributed by atoms with Crippen LogP contribution in [0.25, 0.3) is 27.8 Å². The molecule has 2 aromatic carbocycles. The molecule has 3 heteroatoms. The zero-order chi connectivity index (χ0) is 14.9. The zero-order valence-corrected chi connectivity index (χ0v) is 11.9. The fourth-order valence-corrected chi connectivity index (χ4v) is 2.82. The average molecular weight is 286 g/mol. The quantitative estimate of drug-likeness (QED) is 0.406. The molecule has 0 radical (unpaired) electrons. The Kier molecular flexibility index (Phi) is 2.90. The van der Waals surface area contributed by atoms with Crippen molar-refractivity contribution in [1.82, 2.24) is 4.57 Å². The Morgan fingerprint density at radius 1 is 0.773 bits per heavy atom. The molecule has 0 aliphatic carbocycles. The van der Waals surface area contributed by atoms with Crippen LogP contribution in [0.15, 0.2) is 85.2 Å². The highest BCUT2D eigenvalue weighted by Crippen LogP contribution is 2.30. The van der Waals surface area contributed by atoms with Crippen molar-refractivity contribution in [3.05, 3.63) is 90.4 Å². The number of nitrogens with zero attached hydrogens (tertiary/aromatic N) is 2. The fraction of sp³-hybridized carbons (Fsp3) is 0. The molecule has 0 aliphatic rings. The van der Waals surface area contributed by atoms with Crippen molar-refractivity contribution in [3.63, 3.8) is 0 Å². The Hall–Kier alpha value is -3.07. The summed E-state index contributed by atoms with van der Waals surface area (Å²) in [5.41, 5.74) is 3.77. The summed E-state index contributed by atoms with van der Waals surface area (Å²) in [5.74, 6) is 0. The molecule has 2 heterocycles. The summed E-state index contributed by atoms with van der Waals surface area (Å²) in [6, 6.07) is 23.8. The second-order valence-electron chi connectivity index (χ2n) is 5.18. The normalized spacial score (nSPS) is 10.9. The predicted octanol–water partition coefficient (Wildman–Crippen LogP) is 3.93. The maximum atomic E-state index is 12.1. The maximum Gasteiger partial charge on any atom is 0.225 e. The van der Waals surface area contributed by atoms with Gasteiger partial charge in [0.1, 0.15) is 0 Å². The van der Waals surface area contributed by atoms with E-state index in [4.69, 9.17) is 0 Å². The molecule has 4 aromatic rings. The molecule has 2 aromatic heterocycles. The molecule has 0 unspecified atom stereocenters. The highest BCUT2D eigenvalue weighted by Gasteiger charge is 2.16. The highest BCUT2D eigenvalue weighted by atomic mass is 16.5. The third-order valence-electron chi connectivity index (χ3n) is 3.85. The van der Waals surface area contributed by atoms with Crippen LogP contribution in [-0.4, -0.2) is 4.57 Å². The van der Waals surface area contributed by atoms with E-state index < -0.39 is 0 Å². The van der Waals surface area contributed by atoms with E-state index in [9.17, 15) is 5.21 Å².